The number of aryl methyl sites for hydroxylation is 1. The Labute approximate surface area is 174 Å². The standard InChI is InChI=1S/C23H25N3O2S/c1-14-9-19(28-15(2)16-3-6-27-7-4-16)10-18-12-25-23(26-22(14)18)20-11-17-5-8-29-21(17)13-24-20/h5,8-13,15-16,23,26H,3-4,6-7H2,1-2H3/t15?,23-/m1/s1. The first kappa shape index (κ1) is 18.6. The van der Waals surface area contributed by atoms with Gasteiger partial charge in [0.15, 0.2) is 6.17 Å². The van der Waals surface area contributed by atoms with Crippen LogP contribution in [0.15, 0.2) is 40.8 Å². The van der Waals surface area contributed by atoms with E-state index in [-0.39, 0.29) is 12.3 Å². The van der Waals surface area contributed by atoms with Crippen molar-refractivity contribution in [3.8, 4) is 5.75 Å². The molecule has 2 aliphatic heterocycles. The molecule has 0 saturated carbocycles. The Morgan fingerprint density at radius 2 is 2.10 bits per heavy atom. The van der Waals surface area contributed by atoms with E-state index >= 15 is 0 Å². The van der Waals surface area contributed by atoms with Gasteiger partial charge in [0.05, 0.1) is 16.5 Å². The lowest BCUT2D eigenvalue weighted by molar-refractivity contribution is 0.0239. The summed E-state index contributed by atoms with van der Waals surface area (Å²) < 4.78 is 13.0. The van der Waals surface area contributed by atoms with Gasteiger partial charge in [-0.15, -0.1) is 11.3 Å². The highest BCUT2D eigenvalue weighted by atomic mass is 32.1. The minimum absolute atomic E-state index is 0.168. The smallest absolute Gasteiger partial charge is 0.161 e. The van der Waals surface area contributed by atoms with E-state index in [9.17, 15) is 0 Å². The molecule has 2 aliphatic rings. The van der Waals surface area contributed by atoms with Gasteiger partial charge in [-0.3, -0.25) is 9.98 Å². The van der Waals surface area contributed by atoms with E-state index in [1.54, 1.807) is 11.3 Å². The second-order valence-electron chi connectivity index (χ2n) is 7.87. The number of fused-ring (bicyclic) bond motifs is 2. The van der Waals surface area contributed by atoms with Crippen molar-refractivity contribution in [3.63, 3.8) is 0 Å². The van der Waals surface area contributed by atoms with Crippen LogP contribution in [-0.4, -0.2) is 30.5 Å². The molecule has 1 aromatic carbocycles. The lowest BCUT2D eigenvalue weighted by Gasteiger charge is -2.29. The number of benzene rings is 1. The van der Waals surface area contributed by atoms with Gasteiger partial charge in [-0.05, 0) is 73.2 Å². The lowest BCUT2D eigenvalue weighted by Crippen LogP contribution is -2.29. The zero-order chi connectivity index (χ0) is 19.8. The maximum atomic E-state index is 6.30. The van der Waals surface area contributed by atoms with Crippen LogP contribution in [0.2, 0.25) is 0 Å². The van der Waals surface area contributed by atoms with Crippen molar-refractivity contribution in [1.82, 2.24) is 4.98 Å². The van der Waals surface area contributed by atoms with Crippen LogP contribution < -0.4 is 10.1 Å². The third kappa shape index (κ3) is 3.74. The number of nitrogens with one attached hydrogen (secondary N) is 1. The molecule has 4 heterocycles. The monoisotopic (exact) mass is 407 g/mol. The molecule has 2 atom stereocenters. The van der Waals surface area contributed by atoms with E-state index in [0.717, 1.165) is 54.3 Å². The predicted molar refractivity (Wildman–Crippen MR) is 118 cm³/mol. The molecule has 1 saturated heterocycles. The zero-order valence-electron chi connectivity index (χ0n) is 16.7. The van der Waals surface area contributed by atoms with E-state index in [1.807, 2.05) is 12.4 Å². The second-order valence-corrected chi connectivity index (χ2v) is 8.82. The molecule has 150 valence electrons. The van der Waals surface area contributed by atoms with Crippen LogP contribution in [0.25, 0.3) is 10.1 Å². The van der Waals surface area contributed by atoms with Crippen LogP contribution in [0.4, 0.5) is 5.69 Å². The molecule has 3 aromatic rings. The highest BCUT2D eigenvalue weighted by Crippen LogP contribution is 2.34. The molecule has 0 spiro atoms. The van der Waals surface area contributed by atoms with Crippen LogP contribution in [-0.2, 0) is 4.74 Å². The van der Waals surface area contributed by atoms with Crippen LogP contribution >= 0.6 is 11.3 Å². The van der Waals surface area contributed by atoms with Gasteiger partial charge >= 0.3 is 0 Å². The average molecular weight is 408 g/mol. The van der Waals surface area contributed by atoms with Gasteiger partial charge in [0.1, 0.15) is 5.75 Å². The predicted octanol–water partition coefficient (Wildman–Crippen LogP) is 5.34. The van der Waals surface area contributed by atoms with Crippen LogP contribution in [0.1, 0.15) is 42.8 Å². The fraction of sp³-hybridized carbons (Fsp3) is 0.391. The number of hydrogen-bond acceptors (Lipinski definition) is 6. The second kappa shape index (κ2) is 7.76. The Morgan fingerprint density at radius 3 is 2.97 bits per heavy atom. The molecule has 29 heavy (non-hydrogen) atoms. The molecule has 0 amide bonds. The first-order valence-electron chi connectivity index (χ1n) is 10.2. The number of pyridine rings is 1. The van der Waals surface area contributed by atoms with Crippen molar-refractivity contribution in [2.45, 2.75) is 39.0 Å². The quantitative estimate of drug-likeness (QED) is 0.634. The number of rotatable bonds is 4. The van der Waals surface area contributed by atoms with E-state index in [0.29, 0.717) is 5.92 Å². The molecular weight excluding hydrogens is 382 g/mol. The topological polar surface area (TPSA) is 55.7 Å². The summed E-state index contributed by atoms with van der Waals surface area (Å²) in [4.78, 5) is 9.33. The number of aliphatic imine (C=N–C) groups is 1. The highest BCUT2D eigenvalue weighted by Gasteiger charge is 2.24. The van der Waals surface area contributed by atoms with Crippen molar-refractivity contribution in [2.24, 2.45) is 10.9 Å². The third-order valence-electron chi connectivity index (χ3n) is 5.88. The zero-order valence-corrected chi connectivity index (χ0v) is 17.5. The van der Waals surface area contributed by atoms with Gasteiger partial charge in [-0.2, -0.15) is 0 Å². The normalized spacial score (nSPS) is 20.3. The van der Waals surface area contributed by atoms with Crippen molar-refractivity contribution >= 4 is 33.3 Å². The van der Waals surface area contributed by atoms with Crippen LogP contribution in [0, 0.1) is 12.8 Å². The fourth-order valence-corrected chi connectivity index (χ4v) is 4.89. The summed E-state index contributed by atoms with van der Waals surface area (Å²) in [6.45, 7) is 5.96. The van der Waals surface area contributed by atoms with Crippen molar-refractivity contribution in [2.75, 3.05) is 18.5 Å². The molecule has 0 aliphatic carbocycles. The van der Waals surface area contributed by atoms with Crippen LogP contribution in [0.3, 0.4) is 0 Å². The molecule has 1 fully saturated rings. The van der Waals surface area contributed by atoms with E-state index in [1.165, 1.54) is 10.1 Å². The summed E-state index contributed by atoms with van der Waals surface area (Å²) >= 11 is 1.71. The molecule has 6 heteroatoms. The Balaban J connectivity index is 1.35. The van der Waals surface area contributed by atoms with Crippen molar-refractivity contribution in [1.29, 1.82) is 0 Å². The molecule has 1 unspecified atom stereocenters. The molecule has 0 bridgehead atoms. The van der Waals surface area contributed by atoms with Gasteiger partial charge in [0.2, 0.25) is 0 Å². The summed E-state index contributed by atoms with van der Waals surface area (Å²) in [6.07, 6.45) is 6.02. The number of aromatic nitrogens is 1. The number of thiophene rings is 1. The minimum Gasteiger partial charge on any atom is -0.490 e. The molecule has 0 radical (unpaired) electrons. The lowest BCUT2D eigenvalue weighted by atomic mass is 9.95. The molecular formula is C23H25N3O2S. The fourth-order valence-electron chi connectivity index (χ4n) is 4.16. The largest absolute Gasteiger partial charge is 0.490 e. The highest BCUT2D eigenvalue weighted by molar-refractivity contribution is 7.17. The first-order chi connectivity index (χ1) is 14.2. The van der Waals surface area contributed by atoms with Crippen LogP contribution in [0.5, 0.6) is 5.75 Å². The summed E-state index contributed by atoms with van der Waals surface area (Å²) in [7, 11) is 0. The van der Waals surface area contributed by atoms with Gasteiger partial charge < -0.3 is 14.8 Å². The van der Waals surface area contributed by atoms with Crippen molar-refractivity contribution in [3.05, 3.63) is 52.7 Å². The summed E-state index contributed by atoms with van der Waals surface area (Å²) in [5, 5.41) is 6.86. The maximum absolute atomic E-state index is 6.30. The van der Waals surface area contributed by atoms with E-state index in [2.05, 4.69) is 53.8 Å². The van der Waals surface area contributed by atoms with Gasteiger partial charge in [0, 0.05) is 36.9 Å². The summed E-state index contributed by atoms with van der Waals surface area (Å²) in [5.74, 6) is 1.46. The summed E-state index contributed by atoms with van der Waals surface area (Å²) in [6, 6.07) is 8.45. The number of ether oxygens (including phenoxy) is 2. The van der Waals surface area contributed by atoms with Gasteiger partial charge in [0.25, 0.3) is 0 Å². The molecule has 1 N–H and O–H groups in total. The van der Waals surface area contributed by atoms with E-state index in [4.69, 9.17) is 14.5 Å². The third-order valence-corrected chi connectivity index (χ3v) is 6.74. The Kier molecular flexibility index (Phi) is 4.97. The first-order valence-corrected chi connectivity index (χ1v) is 11.1. The van der Waals surface area contributed by atoms with Crippen molar-refractivity contribution < 1.29 is 9.47 Å². The molecule has 2 aromatic heterocycles. The molecule has 5 rings (SSSR count). The number of hydrogen-bond donors (Lipinski definition) is 1. The maximum Gasteiger partial charge on any atom is 0.161 e. The number of nitrogens with zero attached hydrogens (tertiary/aromatic N) is 2. The SMILES string of the molecule is Cc1cc(OC(C)C2CCOCC2)cc2c1N[C@H](c1cc3ccsc3cn1)N=C2. The molecule has 5 nitrogen and oxygen atoms in total. The summed E-state index contributed by atoms with van der Waals surface area (Å²) in [5.41, 5.74) is 4.26. The number of anilines is 1. The average Bonchev–Trinajstić information content (AvgIpc) is 3.22. The van der Waals surface area contributed by atoms with Gasteiger partial charge in [-0.1, -0.05) is 0 Å². The Bertz CT molecular complexity index is 1060. The Morgan fingerprint density at radius 1 is 1.24 bits per heavy atom. The Hall–Kier alpha value is -2.44. The van der Waals surface area contributed by atoms with E-state index < -0.39 is 0 Å². The van der Waals surface area contributed by atoms with Gasteiger partial charge in [-0.25, -0.2) is 0 Å². The minimum atomic E-state index is -0.168.